The first-order valence-electron chi connectivity index (χ1n) is 7.88. The molecule has 0 bridgehead atoms. The van der Waals surface area contributed by atoms with Crippen molar-refractivity contribution in [1.82, 2.24) is 4.57 Å². The molecule has 134 valence electrons. The Morgan fingerprint density at radius 1 is 1.23 bits per heavy atom. The average Bonchev–Trinajstić information content (AvgIpc) is 2.94. The Kier molecular flexibility index (Phi) is 4.95. The van der Waals surface area contributed by atoms with Crippen molar-refractivity contribution in [2.45, 2.75) is 13.0 Å². The molecule has 1 heterocycles. The number of aromatic nitrogens is 1. The van der Waals surface area contributed by atoms with Crippen molar-refractivity contribution in [3.05, 3.63) is 65.1 Å². The van der Waals surface area contributed by atoms with Crippen LogP contribution in [-0.2, 0) is 16.6 Å². The zero-order valence-electron chi connectivity index (χ0n) is 14.1. The Balaban J connectivity index is 1.73. The number of fused-ring (bicyclic) bond motifs is 1. The number of amides is 1. The summed E-state index contributed by atoms with van der Waals surface area (Å²) in [6.45, 7) is 1.45. The summed E-state index contributed by atoms with van der Waals surface area (Å²) in [5.74, 6) is -1.68. The zero-order chi connectivity index (χ0) is 18.8. The Morgan fingerprint density at radius 2 is 1.96 bits per heavy atom. The molecule has 0 aliphatic carbocycles. The van der Waals surface area contributed by atoms with Gasteiger partial charge in [-0.3, -0.25) is 4.79 Å². The molecule has 3 rings (SSSR count). The second-order valence-corrected chi connectivity index (χ2v) is 6.24. The van der Waals surface area contributed by atoms with Crippen LogP contribution in [0.3, 0.4) is 0 Å². The number of halogens is 2. The number of carbonyl (C=O) groups excluding carboxylic acids is 2. The molecule has 0 fully saturated rings. The Bertz CT molecular complexity index is 1000. The Morgan fingerprint density at radius 3 is 2.69 bits per heavy atom. The molecule has 0 radical (unpaired) electrons. The number of esters is 1. The lowest BCUT2D eigenvalue weighted by Gasteiger charge is -2.14. The number of hydrogen-bond acceptors (Lipinski definition) is 3. The summed E-state index contributed by atoms with van der Waals surface area (Å²) < 4.78 is 20.2. The monoisotopic (exact) mass is 374 g/mol. The minimum Gasteiger partial charge on any atom is -0.449 e. The number of hydrogen-bond donors (Lipinski definition) is 1. The van der Waals surface area contributed by atoms with Crippen LogP contribution in [0.2, 0.25) is 5.02 Å². The molecular formula is C19H16ClFN2O3. The number of ether oxygens (including phenoxy) is 1. The molecule has 2 aromatic carbocycles. The van der Waals surface area contributed by atoms with Crippen molar-refractivity contribution in [2.75, 3.05) is 5.32 Å². The van der Waals surface area contributed by atoms with Crippen molar-refractivity contribution in [3.63, 3.8) is 0 Å². The van der Waals surface area contributed by atoms with E-state index in [0.717, 1.165) is 17.0 Å². The first kappa shape index (κ1) is 17.9. The maximum atomic E-state index is 13.1. The van der Waals surface area contributed by atoms with Crippen LogP contribution in [0.15, 0.2) is 48.7 Å². The highest BCUT2D eigenvalue weighted by Gasteiger charge is 2.22. The lowest BCUT2D eigenvalue weighted by atomic mass is 10.2. The zero-order valence-corrected chi connectivity index (χ0v) is 14.9. The fourth-order valence-corrected chi connectivity index (χ4v) is 2.82. The van der Waals surface area contributed by atoms with Gasteiger partial charge in [0.15, 0.2) is 6.10 Å². The van der Waals surface area contributed by atoms with Crippen LogP contribution >= 0.6 is 11.6 Å². The van der Waals surface area contributed by atoms with E-state index in [-0.39, 0.29) is 10.7 Å². The predicted molar refractivity (Wildman–Crippen MR) is 97.8 cm³/mol. The topological polar surface area (TPSA) is 60.3 Å². The second-order valence-electron chi connectivity index (χ2n) is 5.83. The van der Waals surface area contributed by atoms with E-state index in [4.69, 9.17) is 16.3 Å². The van der Waals surface area contributed by atoms with E-state index in [9.17, 15) is 14.0 Å². The number of rotatable bonds is 4. The summed E-state index contributed by atoms with van der Waals surface area (Å²) in [6.07, 6.45) is 0.608. The maximum Gasteiger partial charge on any atom is 0.341 e. The molecule has 1 atom stereocenters. The van der Waals surface area contributed by atoms with E-state index in [2.05, 4.69) is 5.32 Å². The maximum absolute atomic E-state index is 13.1. The second kappa shape index (κ2) is 7.17. The molecule has 0 saturated carbocycles. The van der Waals surface area contributed by atoms with Crippen LogP contribution in [0, 0.1) is 5.82 Å². The minimum atomic E-state index is -1.05. The van der Waals surface area contributed by atoms with Gasteiger partial charge in [-0.1, -0.05) is 29.8 Å². The number of anilines is 1. The highest BCUT2D eigenvalue weighted by Crippen LogP contribution is 2.24. The summed E-state index contributed by atoms with van der Waals surface area (Å²) in [4.78, 5) is 24.7. The minimum absolute atomic E-state index is 0.0610. The molecule has 0 spiro atoms. The lowest BCUT2D eigenvalue weighted by Crippen LogP contribution is -2.30. The first-order valence-corrected chi connectivity index (χ1v) is 8.25. The molecule has 3 aromatic rings. The largest absolute Gasteiger partial charge is 0.449 e. The van der Waals surface area contributed by atoms with E-state index < -0.39 is 23.8 Å². The summed E-state index contributed by atoms with van der Waals surface area (Å²) in [5, 5.41) is 3.32. The van der Waals surface area contributed by atoms with Gasteiger partial charge in [0.25, 0.3) is 5.91 Å². The van der Waals surface area contributed by atoms with E-state index in [1.807, 2.05) is 35.9 Å². The van der Waals surface area contributed by atoms with Crippen molar-refractivity contribution in [3.8, 4) is 0 Å². The average molecular weight is 375 g/mol. The molecule has 0 saturated heterocycles. The van der Waals surface area contributed by atoms with Gasteiger partial charge in [0.1, 0.15) is 5.82 Å². The fourth-order valence-electron chi connectivity index (χ4n) is 2.61. The number of carbonyl (C=O) groups is 2. The molecule has 1 aromatic heterocycles. The van der Waals surface area contributed by atoms with Crippen LogP contribution in [-0.4, -0.2) is 22.5 Å². The van der Waals surface area contributed by atoms with E-state index >= 15 is 0 Å². The highest BCUT2D eigenvalue weighted by molar-refractivity contribution is 6.33. The summed E-state index contributed by atoms with van der Waals surface area (Å²) in [5.41, 5.74) is 1.50. The van der Waals surface area contributed by atoms with Crippen LogP contribution in [0.4, 0.5) is 10.1 Å². The molecule has 5 nitrogen and oxygen atoms in total. The fraction of sp³-hybridized carbons (Fsp3) is 0.158. The molecule has 1 unspecified atom stereocenters. The number of nitrogens with zero attached hydrogens (tertiary/aromatic N) is 1. The SMILES string of the molecule is CC(OC(=O)c1cn(C)c2ccccc12)C(=O)Nc1ccc(F)cc1Cl. The van der Waals surface area contributed by atoms with Crippen LogP contribution in [0.5, 0.6) is 0 Å². The quantitative estimate of drug-likeness (QED) is 0.698. The summed E-state index contributed by atoms with van der Waals surface area (Å²) in [7, 11) is 1.83. The first-order chi connectivity index (χ1) is 12.4. The molecule has 0 aliphatic heterocycles. The van der Waals surface area contributed by atoms with E-state index in [1.54, 1.807) is 6.20 Å². The van der Waals surface area contributed by atoms with Crippen molar-refractivity contribution < 1.29 is 18.7 Å². The smallest absolute Gasteiger partial charge is 0.341 e. The molecular weight excluding hydrogens is 359 g/mol. The van der Waals surface area contributed by atoms with Gasteiger partial charge < -0.3 is 14.6 Å². The lowest BCUT2D eigenvalue weighted by molar-refractivity contribution is -0.123. The number of benzene rings is 2. The van der Waals surface area contributed by atoms with Crippen LogP contribution < -0.4 is 5.32 Å². The van der Waals surface area contributed by atoms with E-state index in [0.29, 0.717) is 5.56 Å². The molecule has 7 heteroatoms. The highest BCUT2D eigenvalue weighted by atomic mass is 35.5. The van der Waals surface area contributed by atoms with Crippen LogP contribution in [0.1, 0.15) is 17.3 Å². The number of para-hydroxylation sites is 1. The van der Waals surface area contributed by atoms with Gasteiger partial charge in [-0.15, -0.1) is 0 Å². The Labute approximate surface area is 154 Å². The van der Waals surface area contributed by atoms with Gasteiger partial charge in [0.05, 0.1) is 16.3 Å². The predicted octanol–water partition coefficient (Wildman–Crippen LogP) is 4.15. The van der Waals surface area contributed by atoms with Crippen molar-refractivity contribution in [1.29, 1.82) is 0 Å². The van der Waals surface area contributed by atoms with Gasteiger partial charge in [-0.05, 0) is 31.2 Å². The Hall–Kier alpha value is -2.86. The normalized spacial score (nSPS) is 12.0. The van der Waals surface area contributed by atoms with Crippen molar-refractivity contribution in [2.24, 2.45) is 7.05 Å². The van der Waals surface area contributed by atoms with Gasteiger partial charge in [0.2, 0.25) is 0 Å². The molecule has 0 aliphatic rings. The standard InChI is InChI=1S/C19H16ClFN2O3/c1-11(18(24)22-16-8-7-12(21)9-15(16)20)26-19(25)14-10-23(2)17-6-4-3-5-13(14)17/h3-11H,1-2H3,(H,22,24). The summed E-state index contributed by atoms with van der Waals surface area (Å²) in [6, 6.07) is 11.0. The third kappa shape index (κ3) is 3.55. The van der Waals surface area contributed by atoms with Crippen molar-refractivity contribution >= 4 is 40.1 Å². The van der Waals surface area contributed by atoms with Gasteiger partial charge in [-0.25, -0.2) is 9.18 Å². The third-order valence-corrected chi connectivity index (χ3v) is 4.27. The molecule has 1 amide bonds. The molecule has 26 heavy (non-hydrogen) atoms. The van der Waals surface area contributed by atoms with Gasteiger partial charge in [0, 0.05) is 24.1 Å². The number of nitrogens with one attached hydrogen (secondary N) is 1. The van der Waals surface area contributed by atoms with Crippen LogP contribution in [0.25, 0.3) is 10.9 Å². The third-order valence-electron chi connectivity index (χ3n) is 3.96. The summed E-state index contributed by atoms with van der Waals surface area (Å²) >= 11 is 5.88. The van der Waals surface area contributed by atoms with Gasteiger partial charge >= 0.3 is 5.97 Å². The molecule has 1 N–H and O–H groups in total. The number of aryl methyl sites for hydroxylation is 1. The van der Waals surface area contributed by atoms with Gasteiger partial charge in [-0.2, -0.15) is 0 Å². The van der Waals surface area contributed by atoms with E-state index in [1.165, 1.54) is 19.1 Å².